The molecule has 1 saturated heterocycles. The third-order valence-electron chi connectivity index (χ3n) is 5.05. The van der Waals surface area contributed by atoms with Crippen molar-refractivity contribution in [2.24, 2.45) is 5.41 Å². The molecule has 2 aliphatic heterocycles. The second-order valence-electron chi connectivity index (χ2n) is 6.55. The molecule has 1 aromatic heterocycles. The third-order valence-corrected chi connectivity index (χ3v) is 5.05. The summed E-state index contributed by atoms with van der Waals surface area (Å²) in [7, 11) is 1.63. The molecule has 2 aliphatic rings. The average molecular weight is 346 g/mol. The van der Waals surface area contributed by atoms with Crippen LogP contribution in [0.2, 0.25) is 0 Å². The summed E-state index contributed by atoms with van der Waals surface area (Å²) in [5.41, 5.74) is 0.661. The van der Waals surface area contributed by atoms with Gasteiger partial charge in [0, 0.05) is 43.6 Å². The van der Waals surface area contributed by atoms with Gasteiger partial charge in [-0.15, -0.1) is 0 Å². The Morgan fingerprint density at radius 2 is 2.00 bits per heavy atom. The second kappa shape index (κ2) is 6.57. The summed E-state index contributed by atoms with van der Waals surface area (Å²) in [6.45, 7) is 2.38. The smallest absolute Gasteiger partial charge is 0.231 e. The van der Waals surface area contributed by atoms with Gasteiger partial charge in [0.15, 0.2) is 11.5 Å². The van der Waals surface area contributed by atoms with E-state index in [1.807, 2.05) is 18.3 Å². The van der Waals surface area contributed by atoms with Gasteiger partial charge in [0.25, 0.3) is 0 Å². The fraction of sp³-hybridized carbons (Fsp3) is 0.500. The van der Waals surface area contributed by atoms with Gasteiger partial charge in [-0.2, -0.15) is 0 Å². The SMILES string of the molecule is COc1cc2c(cc1-c1nccn1CC1(CO)CCOCC1)OCO2. The molecular weight excluding hydrogens is 324 g/mol. The Labute approximate surface area is 146 Å². The van der Waals surface area contributed by atoms with Crippen LogP contribution in [-0.4, -0.2) is 48.4 Å². The third kappa shape index (κ3) is 2.94. The molecular formula is C18H22N2O5. The van der Waals surface area contributed by atoms with Crippen LogP contribution in [0.15, 0.2) is 24.5 Å². The first kappa shape index (κ1) is 16.2. The predicted molar refractivity (Wildman–Crippen MR) is 89.9 cm³/mol. The van der Waals surface area contributed by atoms with E-state index in [2.05, 4.69) is 9.55 Å². The zero-order valence-electron chi connectivity index (χ0n) is 14.2. The number of fused-ring (bicyclic) bond motifs is 1. The van der Waals surface area contributed by atoms with Crippen LogP contribution in [0.1, 0.15) is 12.8 Å². The highest BCUT2D eigenvalue weighted by Gasteiger charge is 2.33. The van der Waals surface area contributed by atoms with E-state index in [0.717, 1.165) is 24.2 Å². The number of hydrogen-bond donors (Lipinski definition) is 1. The number of aliphatic hydroxyl groups excluding tert-OH is 1. The van der Waals surface area contributed by atoms with E-state index in [1.165, 1.54) is 0 Å². The minimum absolute atomic E-state index is 0.131. The number of ether oxygens (including phenoxy) is 4. The van der Waals surface area contributed by atoms with Crippen molar-refractivity contribution in [3.63, 3.8) is 0 Å². The molecule has 0 aliphatic carbocycles. The van der Waals surface area contributed by atoms with E-state index in [-0.39, 0.29) is 18.8 Å². The number of aromatic nitrogens is 2. The van der Waals surface area contributed by atoms with Crippen LogP contribution >= 0.6 is 0 Å². The normalized spacial score (nSPS) is 18.3. The molecule has 7 nitrogen and oxygen atoms in total. The zero-order valence-corrected chi connectivity index (χ0v) is 14.2. The number of benzene rings is 1. The van der Waals surface area contributed by atoms with E-state index in [1.54, 1.807) is 13.3 Å². The molecule has 134 valence electrons. The Morgan fingerprint density at radius 3 is 2.72 bits per heavy atom. The number of hydrogen-bond acceptors (Lipinski definition) is 6. The summed E-state index contributed by atoms with van der Waals surface area (Å²) in [5.74, 6) is 2.83. The first-order valence-electron chi connectivity index (χ1n) is 8.42. The van der Waals surface area contributed by atoms with E-state index in [0.29, 0.717) is 37.0 Å². The van der Waals surface area contributed by atoms with Gasteiger partial charge in [0.05, 0.1) is 19.3 Å². The number of rotatable bonds is 5. The summed E-state index contributed by atoms with van der Waals surface area (Å²) in [6.07, 6.45) is 5.37. The standard InChI is InChI=1S/C18H22N2O5/c1-22-14-9-16-15(24-12-25-16)8-13(14)17-19-4-5-20(17)10-18(11-21)2-6-23-7-3-18/h4-5,8-9,21H,2-3,6-7,10-12H2,1H3. The lowest BCUT2D eigenvalue weighted by Gasteiger charge is -2.36. The lowest BCUT2D eigenvalue weighted by molar-refractivity contribution is -0.0250. The zero-order chi connectivity index (χ0) is 17.3. The van der Waals surface area contributed by atoms with Crippen molar-refractivity contribution in [2.45, 2.75) is 19.4 Å². The van der Waals surface area contributed by atoms with Crippen LogP contribution in [0.25, 0.3) is 11.4 Å². The molecule has 1 N–H and O–H groups in total. The van der Waals surface area contributed by atoms with Crippen molar-refractivity contribution >= 4 is 0 Å². The summed E-state index contributed by atoms with van der Waals surface area (Å²) < 4.78 is 24.0. The van der Waals surface area contributed by atoms with Crippen LogP contribution < -0.4 is 14.2 Å². The van der Waals surface area contributed by atoms with Gasteiger partial charge in [0.1, 0.15) is 11.6 Å². The van der Waals surface area contributed by atoms with Gasteiger partial charge in [-0.1, -0.05) is 0 Å². The van der Waals surface area contributed by atoms with E-state index < -0.39 is 0 Å². The molecule has 2 aromatic rings. The van der Waals surface area contributed by atoms with Crippen LogP contribution in [0, 0.1) is 5.41 Å². The van der Waals surface area contributed by atoms with Crippen LogP contribution in [0.5, 0.6) is 17.2 Å². The fourth-order valence-corrected chi connectivity index (χ4v) is 3.48. The van der Waals surface area contributed by atoms with Crippen molar-refractivity contribution < 1.29 is 24.1 Å². The van der Waals surface area contributed by atoms with Gasteiger partial charge < -0.3 is 28.6 Å². The van der Waals surface area contributed by atoms with E-state index in [9.17, 15) is 5.11 Å². The average Bonchev–Trinajstić information content (AvgIpc) is 3.29. The molecule has 0 radical (unpaired) electrons. The van der Waals surface area contributed by atoms with Gasteiger partial charge in [-0.3, -0.25) is 0 Å². The number of aliphatic hydroxyl groups is 1. The van der Waals surface area contributed by atoms with Gasteiger partial charge >= 0.3 is 0 Å². The summed E-state index contributed by atoms with van der Waals surface area (Å²) >= 11 is 0. The monoisotopic (exact) mass is 346 g/mol. The molecule has 1 fully saturated rings. The van der Waals surface area contributed by atoms with Crippen LogP contribution in [0.3, 0.4) is 0 Å². The molecule has 7 heteroatoms. The Kier molecular flexibility index (Phi) is 4.27. The molecule has 1 aromatic carbocycles. The highest BCUT2D eigenvalue weighted by molar-refractivity contribution is 5.70. The Morgan fingerprint density at radius 1 is 1.24 bits per heavy atom. The van der Waals surface area contributed by atoms with Crippen LogP contribution in [-0.2, 0) is 11.3 Å². The molecule has 0 unspecified atom stereocenters. The molecule has 0 atom stereocenters. The summed E-state index contributed by atoms with van der Waals surface area (Å²) in [6, 6.07) is 3.72. The maximum atomic E-state index is 9.98. The number of imidazole rings is 1. The minimum Gasteiger partial charge on any atom is -0.496 e. The van der Waals surface area contributed by atoms with Crippen molar-refractivity contribution in [1.82, 2.24) is 9.55 Å². The minimum atomic E-state index is -0.183. The van der Waals surface area contributed by atoms with Crippen molar-refractivity contribution in [2.75, 3.05) is 33.7 Å². The lowest BCUT2D eigenvalue weighted by atomic mass is 9.81. The number of methoxy groups -OCH3 is 1. The predicted octanol–water partition coefficient (Wildman–Crippen LogP) is 2.08. The molecule has 3 heterocycles. The topological polar surface area (TPSA) is 75.0 Å². The first-order valence-corrected chi connectivity index (χ1v) is 8.42. The Balaban J connectivity index is 1.70. The highest BCUT2D eigenvalue weighted by Crippen LogP contribution is 2.42. The molecule has 0 amide bonds. The van der Waals surface area contributed by atoms with E-state index >= 15 is 0 Å². The van der Waals surface area contributed by atoms with Crippen molar-refractivity contribution in [3.05, 3.63) is 24.5 Å². The van der Waals surface area contributed by atoms with Crippen molar-refractivity contribution in [1.29, 1.82) is 0 Å². The largest absolute Gasteiger partial charge is 0.496 e. The fourth-order valence-electron chi connectivity index (χ4n) is 3.48. The van der Waals surface area contributed by atoms with Gasteiger partial charge in [-0.25, -0.2) is 4.98 Å². The quantitative estimate of drug-likeness (QED) is 0.893. The Bertz CT molecular complexity index is 752. The van der Waals surface area contributed by atoms with Gasteiger partial charge in [0.2, 0.25) is 6.79 Å². The van der Waals surface area contributed by atoms with Gasteiger partial charge in [-0.05, 0) is 18.9 Å². The van der Waals surface area contributed by atoms with E-state index in [4.69, 9.17) is 18.9 Å². The highest BCUT2D eigenvalue weighted by atomic mass is 16.7. The maximum Gasteiger partial charge on any atom is 0.231 e. The Hall–Kier alpha value is -2.25. The second-order valence-corrected chi connectivity index (χ2v) is 6.55. The number of nitrogens with zero attached hydrogens (tertiary/aromatic N) is 2. The van der Waals surface area contributed by atoms with Crippen molar-refractivity contribution in [3.8, 4) is 28.6 Å². The molecule has 4 rings (SSSR count). The molecule has 25 heavy (non-hydrogen) atoms. The molecule has 0 bridgehead atoms. The lowest BCUT2D eigenvalue weighted by Crippen LogP contribution is -2.37. The molecule has 0 spiro atoms. The maximum absolute atomic E-state index is 9.98. The first-order chi connectivity index (χ1) is 12.2. The molecule has 0 saturated carbocycles. The van der Waals surface area contributed by atoms with Crippen LogP contribution in [0.4, 0.5) is 0 Å². The summed E-state index contributed by atoms with van der Waals surface area (Å²) in [5, 5.41) is 9.98. The summed E-state index contributed by atoms with van der Waals surface area (Å²) in [4.78, 5) is 4.53.